The van der Waals surface area contributed by atoms with Crippen LogP contribution >= 0.6 is 15.9 Å². The van der Waals surface area contributed by atoms with Gasteiger partial charge in [0.2, 0.25) is 0 Å². The van der Waals surface area contributed by atoms with Gasteiger partial charge < -0.3 is 0 Å². The van der Waals surface area contributed by atoms with E-state index in [0.717, 1.165) is 11.1 Å². The first-order valence-electron chi connectivity index (χ1n) is 7.25. The quantitative estimate of drug-likeness (QED) is 0.878. The summed E-state index contributed by atoms with van der Waals surface area (Å²) in [5.74, 6) is -0.444. The van der Waals surface area contributed by atoms with Gasteiger partial charge in [-0.05, 0) is 34.5 Å². The van der Waals surface area contributed by atoms with Gasteiger partial charge in [0.05, 0.1) is 23.7 Å². The predicted molar refractivity (Wildman–Crippen MR) is 90.8 cm³/mol. The molecular weight excluding hydrogens is 370 g/mol. The van der Waals surface area contributed by atoms with Crippen molar-refractivity contribution in [3.8, 4) is 12.1 Å². The number of carbonyl (C=O) groups excluding carboxylic acids is 1. The molecule has 2 aromatic rings. The third-order valence-corrected chi connectivity index (χ3v) is 4.87. The van der Waals surface area contributed by atoms with E-state index in [9.17, 15) is 15.3 Å². The number of hydrogen-bond acceptors (Lipinski definition) is 5. The maximum Gasteiger partial charge on any atom is 0.151 e. The molecule has 2 unspecified atom stereocenters. The minimum absolute atomic E-state index is 0.0550. The van der Waals surface area contributed by atoms with Gasteiger partial charge in [-0.15, -0.1) is 0 Å². The minimum atomic E-state index is -0.593. The van der Waals surface area contributed by atoms with Crippen molar-refractivity contribution in [2.24, 2.45) is 10.9 Å². The predicted octanol–water partition coefficient (Wildman–Crippen LogP) is 3.38. The number of hydrogen-bond donors (Lipinski definition) is 1. The van der Waals surface area contributed by atoms with Crippen LogP contribution in [0.5, 0.6) is 0 Å². The summed E-state index contributed by atoms with van der Waals surface area (Å²) in [7, 11) is 0. The standard InChI is InChI=1S/C17H12BrN5O/c1-9(24)5-14-12(7-20)15(13-8-21-23-17(13)22-14)11-4-2-3-10(6-19)16(11)18/h2-4,8,12,15H,5H2,1H3,(H,21,23). The van der Waals surface area contributed by atoms with E-state index in [4.69, 9.17) is 0 Å². The van der Waals surface area contributed by atoms with Gasteiger partial charge in [-0.25, -0.2) is 4.99 Å². The molecule has 0 radical (unpaired) electrons. The first-order valence-corrected chi connectivity index (χ1v) is 8.04. The highest BCUT2D eigenvalue weighted by Crippen LogP contribution is 2.44. The summed E-state index contributed by atoms with van der Waals surface area (Å²) >= 11 is 3.48. The van der Waals surface area contributed by atoms with Gasteiger partial charge in [0.25, 0.3) is 0 Å². The lowest BCUT2D eigenvalue weighted by Gasteiger charge is -2.28. The molecule has 0 fully saturated rings. The Morgan fingerprint density at radius 3 is 2.83 bits per heavy atom. The molecule has 0 bridgehead atoms. The number of benzene rings is 1. The van der Waals surface area contributed by atoms with E-state index in [1.807, 2.05) is 6.07 Å². The fourth-order valence-corrected chi connectivity index (χ4v) is 3.57. The molecule has 1 aliphatic rings. The summed E-state index contributed by atoms with van der Waals surface area (Å²) < 4.78 is 0.647. The third-order valence-electron chi connectivity index (χ3n) is 3.98. The Balaban J connectivity index is 2.20. The number of H-pyrrole nitrogens is 1. The Kier molecular flexibility index (Phi) is 4.28. The van der Waals surface area contributed by atoms with Crippen LogP contribution in [0.1, 0.15) is 36.0 Å². The molecule has 1 aromatic heterocycles. The summed E-state index contributed by atoms with van der Waals surface area (Å²) in [6.07, 6.45) is 1.76. The molecule has 2 heterocycles. The largest absolute Gasteiger partial charge is 0.300 e. The summed E-state index contributed by atoms with van der Waals surface area (Å²) in [5, 5.41) is 25.8. The van der Waals surface area contributed by atoms with Crippen LogP contribution < -0.4 is 0 Å². The number of ketones is 1. The summed E-state index contributed by atoms with van der Waals surface area (Å²) in [6.45, 7) is 1.47. The lowest BCUT2D eigenvalue weighted by Crippen LogP contribution is -2.27. The number of aliphatic imine (C=N–C) groups is 1. The van der Waals surface area contributed by atoms with Crippen LogP contribution in [-0.2, 0) is 4.79 Å². The van der Waals surface area contributed by atoms with Gasteiger partial charge in [0.15, 0.2) is 5.82 Å². The molecule has 3 rings (SSSR count). The number of nitrogens with one attached hydrogen (secondary N) is 1. The molecule has 1 aliphatic heterocycles. The third kappa shape index (κ3) is 2.64. The van der Waals surface area contributed by atoms with E-state index >= 15 is 0 Å². The van der Waals surface area contributed by atoms with Gasteiger partial charge in [-0.1, -0.05) is 12.1 Å². The number of aromatic amines is 1. The molecule has 0 spiro atoms. The summed E-state index contributed by atoms with van der Waals surface area (Å²) in [4.78, 5) is 16.0. The van der Waals surface area contributed by atoms with Crippen molar-refractivity contribution in [2.75, 3.05) is 0 Å². The number of halogens is 1. The number of nitrogens with zero attached hydrogens (tertiary/aromatic N) is 4. The average Bonchev–Trinajstić information content (AvgIpc) is 3.01. The number of fused-ring (bicyclic) bond motifs is 1. The zero-order valence-corrected chi connectivity index (χ0v) is 14.3. The fraction of sp³-hybridized carbons (Fsp3) is 0.235. The maximum atomic E-state index is 11.6. The molecule has 1 aromatic carbocycles. The zero-order valence-electron chi connectivity index (χ0n) is 12.7. The smallest absolute Gasteiger partial charge is 0.151 e. The van der Waals surface area contributed by atoms with Crippen LogP contribution in [0.15, 0.2) is 33.9 Å². The molecular formula is C17H12BrN5O. The van der Waals surface area contributed by atoms with E-state index in [0.29, 0.717) is 21.6 Å². The monoisotopic (exact) mass is 381 g/mol. The van der Waals surface area contributed by atoms with Crippen molar-refractivity contribution >= 4 is 33.2 Å². The number of rotatable bonds is 3. The van der Waals surface area contributed by atoms with E-state index in [-0.39, 0.29) is 18.1 Å². The summed E-state index contributed by atoms with van der Waals surface area (Å²) in [6, 6.07) is 9.76. The lowest BCUT2D eigenvalue weighted by atomic mass is 9.76. The molecule has 0 saturated carbocycles. The second-order valence-electron chi connectivity index (χ2n) is 5.56. The normalized spacial score (nSPS) is 18.9. The minimum Gasteiger partial charge on any atom is -0.300 e. The molecule has 0 aliphatic carbocycles. The first-order chi connectivity index (χ1) is 11.6. The Morgan fingerprint density at radius 1 is 1.38 bits per heavy atom. The van der Waals surface area contributed by atoms with Gasteiger partial charge in [0.1, 0.15) is 11.9 Å². The van der Waals surface area contributed by atoms with Crippen LogP contribution in [0.25, 0.3) is 0 Å². The van der Waals surface area contributed by atoms with E-state index in [1.54, 1.807) is 18.3 Å². The fourth-order valence-electron chi connectivity index (χ4n) is 2.97. The highest BCUT2D eigenvalue weighted by molar-refractivity contribution is 9.10. The number of carbonyl (C=O) groups is 1. The van der Waals surface area contributed by atoms with Crippen molar-refractivity contribution < 1.29 is 4.79 Å². The lowest BCUT2D eigenvalue weighted by molar-refractivity contribution is -0.115. The topological polar surface area (TPSA) is 106 Å². The highest BCUT2D eigenvalue weighted by Gasteiger charge is 2.37. The van der Waals surface area contributed by atoms with Gasteiger partial charge in [-0.3, -0.25) is 9.89 Å². The van der Waals surface area contributed by atoms with Crippen LogP contribution in [0.2, 0.25) is 0 Å². The molecule has 1 N–H and O–H groups in total. The van der Waals surface area contributed by atoms with Crippen molar-refractivity contribution in [1.29, 1.82) is 10.5 Å². The Morgan fingerprint density at radius 2 is 2.17 bits per heavy atom. The van der Waals surface area contributed by atoms with Crippen molar-refractivity contribution in [3.63, 3.8) is 0 Å². The number of nitriles is 2. The average molecular weight is 382 g/mol. The van der Waals surface area contributed by atoms with Crippen molar-refractivity contribution in [3.05, 3.63) is 45.6 Å². The molecule has 6 nitrogen and oxygen atoms in total. The van der Waals surface area contributed by atoms with Crippen LogP contribution in [0.3, 0.4) is 0 Å². The highest BCUT2D eigenvalue weighted by atomic mass is 79.9. The molecule has 7 heteroatoms. The van der Waals surface area contributed by atoms with Gasteiger partial charge in [0, 0.05) is 28.1 Å². The number of Topliss-reactive ketones (excluding diaryl/α,β-unsaturated/α-hetero) is 1. The Bertz CT molecular complexity index is 931. The van der Waals surface area contributed by atoms with E-state index < -0.39 is 5.92 Å². The first kappa shape index (κ1) is 16.1. The number of aromatic nitrogens is 2. The molecule has 24 heavy (non-hydrogen) atoms. The van der Waals surface area contributed by atoms with Crippen molar-refractivity contribution in [2.45, 2.75) is 19.3 Å². The Hall–Kier alpha value is -2.77. The van der Waals surface area contributed by atoms with Gasteiger partial charge in [-0.2, -0.15) is 15.6 Å². The zero-order chi connectivity index (χ0) is 17.3. The molecule has 0 amide bonds. The maximum absolute atomic E-state index is 11.6. The van der Waals surface area contributed by atoms with Crippen LogP contribution in [0.4, 0.5) is 5.82 Å². The second-order valence-corrected chi connectivity index (χ2v) is 6.35. The van der Waals surface area contributed by atoms with Crippen LogP contribution in [-0.4, -0.2) is 21.7 Å². The van der Waals surface area contributed by atoms with E-state index in [2.05, 4.69) is 43.3 Å². The van der Waals surface area contributed by atoms with Gasteiger partial charge >= 0.3 is 0 Å². The summed E-state index contributed by atoms with van der Waals surface area (Å²) in [5.41, 5.74) is 2.59. The molecule has 2 atom stereocenters. The second kappa shape index (κ2) is 6.38. The Labute approximate surface area is 147 Å². The van der Waals surface area contributed by atoms with Crippen molar-refractivity contribution in [1.82, 2.24) is 10.2 Å². The SMILES string of the molecule is CC(=O)CC1=Nc2[nH]ncc2C(c2cccc(C#N)c2Br)C1C#N. The molecule has 0 saturated heterocycles. The van der Waals surface area contributed by atoms with E-state index in [1.165, 1.54) is 6.92 Å². The van der Waals surface area contributed by atoms with Crippen LogP contribution in [0, 0.1) is 28.6 Å². The molecule has 118 valence electrons.